The van der Waals surface area contributed by atoms with Crippen molar-refractivity contribution in [2.75, 3.05) is 13.2 Å². The lowest BCUT2D eigenvalue weighted by molar-refractivity contribution is 0.106. The van der Waals surface area contributed by atoms with Crippen molar-refractivity contribution < 1.29 is 14.3 Å². The van der Waals surface area contributed by atoms with E-state index in [0.29, 0.717) is 6.61 Å². The Balaban J connectivity index is 1.62. The third-order valence-electron chi connectivity index (χ3n) is 4.60. The third kappa shape index (κ3) is 2.66. The molecule has 24 heavy (non-hydrogen) atoms. The molecule has 0 amide bonds. The number of aliphatic hydroxyl groups is 1. The van der Waals surface area contributed by atoms with Gasteiger partial charge in [-0.05, 0) is 25.1 Å². The largest absolute Gasteiger partial charge is 0.493 e. The van der Waals surface area contributed by atoms with Gasteiger partial charge in [0.05, 0.1) is 19.3 Å². The average molecular weight is 324 g/mol. The zero-order valence-electron chi connectivity index (χ0n) is 13.5. The number of nitrogens with one attached hydrogen (secondary N) is 1. The zero-order chi connectivity index (χ0) is 16.5. The molecule has 4 rings (SSSR count). The molecule has 0 spiro atoms. The topological polar surface area (TPSA) is 67.5 Å². The number of hydrogen-bond acceptors (Lipinski definition) is 5. The van der Waals surface area contributed by atoms with Gasteiger partial charge in [0.1, 0.15) is 17.1 Å². The lowest BCUT2D eigenvalue weighted by Crippen LogP contribution is -2.38. The number of furan rings is 1. The molecular formula is C19H20N2O3. The average Bonchev–Trinajstić information content (AvgIpc) is 3.06. The van der Waals surface area contributed by atoms with Crippen LogP contribution in [-0.4, -0.2) is 23.3 Å². The Labute approximate surface area is 140 Å². The van der Waals surface area contributed by atoms with E-state index in [0.717, 1.165) is 28.0 Å². The summed E-state index contributed by atoms with van der Waals surface area (Å²) >= 11 is 0. The Morgan fingerprint density at radius 3 is 3.04 bits per heavy atom. The summed E-state index contributed by atoms with van der Waals surface area (Å²) in [6.45, 7) is 2.64. The minimum atomic E-state index is 0.00241. The maximum absolute atomic E-state index is 9.73. The first-order valence-corrected chi connectivity index (χ1v) is 8.18. The highest BCUT2D eigenvalue weighted by Gasteiger charge is 2.31. The van der Waals surface area contributed by atoms with E-state index in [4.69, 9.17) is 9.15 Å². The van der Waals surface area contributed by atoms with E-state index in [9.17, 15) is 5.11 Å². The summed E-state index contributed by atoms with van der Waals surface area (Å²) in [5, 5.41) is 14.3. The van der Waals surface area contributed by atoms with Crippen LogP contribution in [0, 0.1) is 5.92 Å². The van der Waals surface area contributed by atoms with Gasteiger partial charge in [0.25, 0.3) is 0 Å². The summed E-state index contributed by atoms with van der Waals surface area (Å²) in [6.07, 6.45) is 3.53. The van der Waals surface area contributed by atoms with Crippen LogP contribution < -0.4 is 10.1 Å². The molecule has 0 saturated heterocycles. The summed E-state index contributed by atoms with van der Waals surface area (Å²) in [6, 6.07) is 11.9. The second kappa shape index (κ2) is 6.26. The van der Waals surface area contributed by atoms with Crippen molar-refractivity contribution >= 4 is 11.0 Å². The van der Waals surface area contributed by atoms with Crippen LogP contribution in [0.2, 0.25) is 0 Å². The van der Waals surface area contributed by atoms with Crippen LogP contribution in [0.3, 0.4) is 0 Å². The fourth-order valence-electron chi connectivity index (χ4n) is 3.27. The Morgan fingerprint density at radius 2 is 2.21 bits per heavy atom. The number of hydrogen-bond donors (Lipinski definition) is 2. The van der Waals surface area contributed by atoms with E-state index in [2.05, 4.69) is 17.2 Å². The van der Waals surface area contributed by atoms with Crippen LogP contribution in [0.5, 0.6) is 5.75 Å². The minimum Gasteiger partial charge on any atom is -0.493 e. The molecule has 3 heterocycles. The smallest absolute Gasteiger partial charge is 0.137 e. The number of rotatable bonds is 4. The molecule has 0 radical (unpaired) electrons. The Hall–Kier alpha value is -2.37. The van der Waals surface area contributed by atoms with Crippen LogP contribution in [0.15, 0.2) is 53.2 Å². The van der Waals surface area contributed by atoms with E-state index < -0.39 is 0 Å². The van der Waals surface area contributed by atoms with Gasteiger partial charge in [-0.25, -0.2) is 0 Å². The van der Waals surface area contributed by atoms with Gasteiger partial charge in [-0.1, -0.05) is 18.2 Å². The molecule has 124 valence electrons. The Kier molecular flexibility index (Phi) is 3.96. The van der Waals surface area contributed by atoms with Gasteiger partial charge in [0.15, 0.2) is 0 Å². The molecular weight excluding hydrogens is 304 g/mol. The molecule has 0 aliphatic carbocycles. The van der Waals surface area contributed by atoms with E-state index in [-0.39, 0.29) is 24.6 Å². The van der Waals surface area contributed by atoms with Crippen LogP contribution in [0.4, 0.5) is 0 Å². The van der Waals surface area contributed by atoms with Gasteiger partial charge < -0.3 is 14.3 Å². The van der Waals surface area contributed by atoms with Crippen molar-refractivity contribution in [3.63, 3.8) is 0 Å². The normalized spacial score (nSPS) is 21.2. The molecule has 5 heteroatoms. The molecule has 1 aliphatic rings. The molecule has 5 nitrogen and oxygen atoms in total. The molecule has 2 aromatic heterocycles. The van der Waals surface area contributed by atoms with Crippen LogP contribution in [0.1, 0.15) is 30.3 Å². The Morgan fingerprint density at radius 1 is 1.33 bits per heavy atom. The third-order valence-corrected chi connectivity index (χ3v) is 4.60. The quantitative estimate of drug-likeness (QED) is 0.771. The maximum atomic E-state index is 9.73. The van der Waals surface area contributed by atoms with Gasteiger partial charge in [0, 0.05) is 35.3 Å². The predicted octanol–water partition coefficient (Wildman–Crippen LogP) is 3.22. The molecule has 3 aromatic rings. The maximum Gasteiger partial charge on any atom is 0.137 e. The van der Waals surface area contributed by atoms with Gasteiger partial charge in [-0.3, -0.25) is 10.3 Å². The first-order valence-electron chi connectivity index (χ1n) is 8.18. The molecule has 0 saturated carbocycles. The van der Waals surface area contributed by atoms with Gasteiger partial charge in [-0.15, -0.1) is 0 Å². The van der Waals surface area contributed by atoms with Crippen molar-refractivity contribution in [3.05, 3.63) is 60.1 Å². The van der Waals surface area contributed by atoms with Crippen molar-refractivity contribution in [1.29, 1.82) is 0 Å². The molecule has 3 atom stereocenters. The van der Waals surface area contributed by atoms with Crippen molar-refractivity contribution in [1.82, 2.24) is 10.3 Å². The van der Waals surface area contributed by atoms with Gasteiger partial charge >= 0.3 is 0 Å². The molecule has 0 bridgehead atoms. The highest BCUT2D eigenvalue weighted by Crippen LogP contribution is 2.37. The van der Waals surface area contributed by atoms with E-state index in [1.807, 2.05) is 36.4 Å². The highest BCUT2D eigenvalue weighted by atomic mass is 16.5. The summed E-state index contributed by atoms with van der Waals surface area (Å²) in [5.41, 5.74) is 1.91. The molecule has 1 unspecified atom stereocenters. The van der Waals surface area contributed by atoms with Crippen LogP contribution in [-0.2, 0) is 0 Å². The Bertz CT molecular complexity index is 812. The van der Waals surface area contributed by atoms with Crippen LogP contribution in [0.25, 0.3) is 11.0 Å². The van der Waals surface area contributed by atoms with Crippen LogP contribution >= 0.6 is 0 Å². The number of pyridine rings is 1. The number of aromatic nitrogens is 1. The standard InChI is InChI=1S/C19H20N2O3/c1-12(18-8-13-9-20-7-6-16(13)24-18)21-19-14(10-22)11-23-17-5-3-2-4-15(17)19/h2-9,12,14,19,21-22H,10-11H2,1H3/t12?,14-,19-/m1/s1. The SMILES string of the molecule is CC(N[C@H]1c2ccccc2OC[C@H]1CO)c1cc2cnccc2o1. The highest BCUT2D eigenvalue weighted by molar-refractivity contribution is 5.76. The van der Waals surface area contributed by atoms with E-state index in [1.165, 1.54) is 0 Å². The molecule has 1 aliphatic heterocycles. The first kappa shape index (κ1) is 15.2. The summed E-state index contributed by atoms with van der Waals surface area (Å²) in [4.78, 5) is 4.13. The number of benzene rings is 1. The molecule has 1 aromatic carbocycles. The van der Waals surface area contributed by atoms with Gasteiger partial charge in [-0.2, -0.15) is 0 Å². The first-order chi connectivity index (χ1) is 11.8. The molecule has 0 fully saturated rings. The fraction of sp³-hybridized carbons (Fsp3) is 0.316. The number of fused-ring (bicyclic) bond motifs is 2. The second-order valence-electron chi connectivity index (χ2n) is 6.22. The minimum absolute atomic E-state index is 0.00241. The summed E-state index contributed by atoms with van der Waals surface area (Å²) in [5.74, 6) is 1.74. The lowest BCUT2D eigenvalue weighted by Gasteiger charge is -2.34. The van der Waals surface area contributed by atoms with Crippen molar-refractivity contribution in [3.8, 4) is 5.75 Å². The zero-order valence-corrected chi connectivity index (χ0v) is 13.5. The van der Waals surface area contributed by atoms with Crippen molar-refractivity contribution in [2.24, 2.45) is 5.92 Å². The van der Waals surface area contributed by atoms with Gasteiger partial charge in [0.2, 0.25) is 0 Å². The lowest BCUT2D eigenvalue weighted by atomic mass is 9.90. The predicted molar refractivity (Wildman–Crippen MR) is 90.8 cm³/mol. The number of aliphatic hydroxyl groups excluding tert-OH is 1. The number of para-hydroxylation sites is 1. The van der Waals surface area contributed by atoms with E-state index in [1.54, 1.807) is 12.4 Å². The summed E-state index contributed by atoms with van der Waals surface area (Å²) in [7, 11) is 0. The van der Waals surface area contributed by atoms with E-state index >= 15 is 0 Å². The molecule has 2 N–H and O–H groups in total. The number of nitrogens with zero attached hydrogens (tertiary/aromatic N) is 1. The van der Waals surface area contributed by atoms with Crippen molar-refractivity contribution in [2.45, 2.75) is 19.0 Å². The summed E-state index contributed by atoms with van der Waals surface area (Å²) < 4.78 is 11.7. The fourth-order valence-corrected chi connectivity index (χ4v) is 3.27. The number of ether oxygens (including phenoxy) is 1. The monoisotopic (exact) mass is 324 g/mol. The second-order valence-corrected chi connectivity index (χ2v) is 6.22.